The molecule has 62 valence electrons. The largest absolute Gasteiger partial charge is 0.345 e. The van der Waals surface area contributed by atoms with Crippen molar-refractivity contribution in [3.05, 3.63) is 35.0 Å². The van der Waals surface area contributed by atoms with Crippen LogP contribution in [0.4, 0.5) is 0 Å². The van der Waals surface area contributed by atoms with Crippen molar-refractivity contribution in [1.29, 1.82) is 0 Å². The van der Waals surface area contributed by atoms with Crippen molar-refractivity contribution in [2.24, 2.45) is 0 Å². The molecule has 0 unspecified atom stereocenters. The average Bonchev–Trinajstić information content (AvgIpc) is 2.40. The van der Waals surface area contributed by atoms with Crippen molar-refractivity contribution in [1.82, 2.24) is 4.98 Å². The third kappa shape index (κ3) is 1.10. The minimum atomic E-state index is 0.447. The molecule has 0 saturated heterocycles. The summed E-state index contributed by atoms with van der Waals surface area (Å²) < 4.78 is 0. The van der Waals surface area contributed by atoms with Crippen molar-refractivity contribution in [3.63, 3.8) is 0 Å². The summed E-state index contributed by atoms with van der Waals surface area (Å²) in [6.07, 6.45) is 0. The number of rotatable bonds is 1. The Hall–Kier alpha value is -0.660. The van der Waals surface area contributed by atoms with Crippen molar-refractivity contribution in [3.8, 4) is 0 Å². The Balaban J connectivity index is 2.81. The van der Waals surface area contributed by atoms with Crippen LogP contribution in [0.1, 0.15) is 5.56 Å². The molecule has 0 fully saturated rings. The smallest absolute Gasteiger partial charge is 0.111 e. The zero-order valence-electron chi connectivity index (χ0n) is 6.27. The predicted molar refractivity (Wildman–Crippen MR) is 52.9 cm³/mol. The van der Waals surface area contributed by atoms with Crippen molar-refractivity contribution >= 4 is 34.1 Å². The van der Waals surface area contributed by atoms with Gasteiger partial charge in [-0.2, -0.15) is 0 Å². The molecule has 12 heavy (non-hydrogen) atoms. The number of aromatic nitrogens is 1. The summed E-state index contributed by atoms with van der Waals surface area (Å²) >= 11 is 11.7. The number of benzene rings is 1. The quantitative estimate of drug-likeness (QED) is 0.677. The average molecular weight is 200 g/mol. The Labute approximate surface area is 80.3 Å². The molecule has 0 atom stereocenters. The topological polar surface area (TPSA) is 15.8 Å². The van der Waals surface area contributed by atoms with Crippen LogP contribution in [-0.4, -0.2) is 4.98 Å². The molecule has 2 aromatic rings. The predicted octanol–water partition coefficient (Wildman–Crippen LogP) is 3.56. The van der Waals surface area contributed by atoms with Gasteiger partial charge >= 0.3 is 0 Å². The Morgan fingerprint density at radius 1 is 1.25 bits per heavy atom. The Bertz CT molecular complexity index is 406. The van der Waals surface area contributed by atoms with E-state index in [1.807, 2.05) is 24.3 Å². The summed E-state index contributed by atoms with van der Waals surface area (Å²) in [5.41, 5.74) is 2.02. The fourth-order valence-electron chi connectivity index (χ4n) is 1.30. The van der Waals surface area contributed by atoms with Crippen LogP contribution in [0.25, 0.3) is 10.9 Å². The molecule has 1 aromatic heterocycles. The molecular formula is C9H7Cl2N. The summed E-state index contributed by atoms with van der Waals surface area (Å²) in [6.45, 7) is 0. The molecule has 0 saturated carbocycles. The van der Waals surface area contributed by atoms with Crippen LogP contribution in [0.15, 0.2) is 24.3 Å². The highest BCUT2D eigenvalue weighted by molar-refractivity contribution is 6.33. The van der Waals surface area contributed by atoms with Gasteiger partial charge in [-0.05, 0) is 6.07 Å². The number of fused-ring (bicyclic) bond motifs is 1. The molecule has 3 heteroatoms. The van der Waals surface area contributed by atoms with Gasteiger partial charge in [0.2, 0.25) is 0 Å². The molecule has 0 aliphatic carbocycles. The van der Waals surface area contributed by atoms with E-state index in [1.54, 1.807) is 0 Å². The normalized spacial score (nSPS) is 10.8. The Morgan fingerprint density at radius 3 is 2.75 bits per heavy atom. The highest BCUT2D eigenvalue weighted by Gasteiger charge is 2.06. The van der Waals surface area contributed by atoms with E-state index in [0.717, 1.165) is 16.5 Å². The van der Waals surface area contributed by atoms with Gasteiger partial charge in [0.05, 0.1) is 5.88 Å². The second-order valence-corrected chi connectivity index (χ2v) is 3.24. The fourth-order valence-corrected chi connectivity index (χ4v) is 1.91. The number of H-pyrrole nitrogens is 1. The number of halogens is 2. The molecule has 1 N–H and O–H groups in total. The molecule has 1 heterocycles. The molecule has 0 aliphatic heterocycles. The second kappa shape index (κ2) is 3.00. The van der Waals surface area contributed by atoms with Crippen molar-refractivity contribution in [2.45, 2.75) is 5.88 Å². The van der Waals surface area contributed by atoms with E-state index in [0.29, 0.717) is 11.0 Å². The first-order valence-corrected chi connectivity index (χ1v) is 4.55. The highest BCUT2D eigenvalue weighted by atomic mass is 35.5. The summed E-state index contributed by atoms with van der Waals surface area (Å²) in [5, 5.41) is 1.75. The lowest BCUT2D eigenvalue weighted by Crippen LogP contribution is -1.73. The van der Waals surface area contributed by atoms with Gasteiger partial charge in [-0.1, -0.05) is 29.8 Å². The van der Waals surface area contributed by atoms with Crippen LogP contribution in [0.5, 0.6) is 0 Å². The summed E-state index contributed by atoms with van der Waals surface area (Å²) in [6, 6.07) is 7.93. The van der Waals surface area contributed by atoms with E-state index in [1.165, 1.54) is 0 Å². The number of hydrogen-bond acceptors (Lipinski definition) is 0. The number of para-hydroxylation sites is 1. The van der Waals surface area contributed by atoms with Gasteiger partial charge < -0.3 is 4.98 Å². The van der Waals surface area contributed by atoms with E-state index >= 15 is 0 Å². The summed E-state index contributed by atoms with van der Waals surface area (Å²) in [7, 11) is 0. The fraction of sp³-hybridized carbons (Fsp3) is 0.111. The zero-order chi connectivity index (χ0) is 8.55. The van der Waals surface area contributed by atoms with E-state index in [-0.39, 0.29) is 0 Å². The van der Waals surface area contributed by atoms with Crippen LogP contribution in [0.3, 0.4) is 0 Å². The first kappa shape index (κ1) is 7.96. The standard InChI is InChI=1S/C9H7Cl2N/c10-5-7-6-3-1-2-4-8(6)12-9(7)11/h1-4,12H,5H2. The van der Waals surface area contributed by atoms with Crippen molar-refractivity contribution in [2.75, 3.05) is 0 Å². The van der Waals surface area contributed by atoms with Gasteiger partial charge in [-0.15, -0.1) is 11.6 Å². The molecule has 0 bridgehead atoms. The van der Waals surface area contributed by atoms with Crippen LogP contribution < -0.4 is 0 Å². The molecular weight excluding hydrogens is 193 g/mol. The number of nitrogens with one attached hydrogen (secondary N) is 1. The van der Waals surface area contributed by atoms with Crippen LogP contribution in [0, 0.1) is 0 Å². The number of hydrogen-bond donors (Lipinski definition) is 1. The molecule has 0 spiro atoms. The molecule has 1 nitrogen and oxygen atoms in total. The number of aromatic amines is 1. The number of alkyl halides is 1. The lowest BCUT2D eigenvalue weighted by atomic mass is 10.2. The summed E-state index contributed by atoms with van der Waals surface area (Å²) in [5.74, 6) is 0.447. The highest BCUT2D eigenvalue weighted by Crippen LogP contribution is 2.26. The molecule has 0 radical (unpaired) electrons. The van der Waals surface area contributed by atoms with Crippen LogP contribution in [0.2, 0.25) is 5.15 Å². The maximum atomic E-state index is 5.93. The first-order valence-electron chi connectivity index (χ1n) is 3.64. The Kier molecular flexibility index (Phi) is 1.99. The van der Waals surface area contributed by atoms with Crippen LogP contribution in [-0.2, 0) is 5.88 Å². The van der Waals surface area contributed by atoms with Crippen molar-refractivity contribution < 1.29 is 0 Å². The summed E-state index contributed by atoms with van der Waals surface area (Å²) in [4.78, 5) is 3.06. The zero-order valence-corrected chi connectivity index (χ0v) is 7.78. The maximum Gasteiger partial charge on any atom is 0.111 e. The van der Waals surface area contributed by atoms with E-state index < -0.39 is 0 Å². The molecule has 0 amide bonds. The van der Waals surface area contributed by atoms with E-state index in [2.05, 4.69) is 4.98 Å². The molecule has 2 rings (SSSR count). The van der Waals surface area contributed by atoms with Gasteiger partial charge in [-0.3, -0.25) is 0 Å². The third-order valence-electron chi connectivity index (χ3n) is 1.90. The van der Waals surface area contributed by atoms with Gasteiger partial charge in [-0.25, -0.2) is 0 Å². The van der Waals surface area contributed by atoms with E-state index in [4.69, 9.17) is 23.2 Å². The lowest BCUT2D eigenvalue weighted by molar-refractivity contribution is 1.39. The molecule has 0 aliphatic rings. The third-order valence-corrected chi connectivity index (χ3v) is 2.49. The second-order valence-electron chi connectivity index (χ2n) is 2.60. The maximum absolute atomic E-state index is 5.93. The van der Waals surface area contributed by atoms with Gasteiger partial charge in [0, 0.05) is 16.5 Å². The van der Waals surface area contributed by atoms with Gasteiger partial charge in [0.15, 0.2) is 0 Å². The molecule has 1 aromatic carbocycles. The van der Waals surface area contributed by atoms with Gasteiger partial charge in [0.25, 0.3) is 0 Å². The van der Waals surface area contributed by atoms with Gasteiger partial charge in [0.1, 0.15) is 5.15 Å². The van der Waals surface area contributed by atoms with Crippen LogP contribution >= 0.6 is 23.2 Å². The lowest BCUT2D eigenvalue weighted by Gasteiger charge is -1.90. The minimum Gasteiger partial charge on any atom is -0.345 e. The minimum absolute atomic E-state index is 0.447. The van der Waals surface area contributed by atoms with E-state index in [9.17, 15) is 0 Å². The first-order chi connectivity index (χ1) is 5.83. The monoisotopic (exact) mass is 199 g/mol. The SMILES string of the molecule is ClCc1c(Cl)[nH]c2ccccc12. The Morgan fingerprint density at radius 2 is 2.00 bits per heavy atom.